The highest BCUT2D eigenvalue weighted by Gasteiger charge is 1.90. The number of aliphatic imine (C=N–C) groups is 1. The van der Waals surface area contributed by atoms with Crippen molar-refractivity contribution in [1.29, 1.82) is 0 Å². The summed E-state index contributed by atoms with van der Waals surface area (Å²) in [6, 6.07) is 0. The Hall–Kier alpha value is -0.0600. The smallest absolute Gasteiger partial charge is 0.131 e. The zero-order valence-corrected chi connectivity index (χ0v) is 7.01. The normalized spacial score (nSPS) is 18.8. The van der Waals surface area contributed by atoms with E-state index >= 15 is 0 Å². The summed E-state index contributed by atoms with van der Waals surface area (Å²) in [6.07, 6.45) is 0. The third kappa shape index (κ3) is 1.47. The highest BCUT2D eigenvalue weighted by Crippen LogP contribution is 2.03. The first-order chi connectivity index (χ1) is 3.79. The largest absolute Gasteiger partial charge is 0.238 e. The number of hydrogen-bond donors (Lipinski definition) is 0. The average molecular weight is 222 g/mol. The monoisotopic (exact) mass is 222 g/mol. The molecule has 0 radical (unpaired) electrons. The molecule has 1 heterocycles. The van der Waals surface area contributed by atoms with Crippen molar-refractivity contribution in [2.75, 3.05) is 0 Å². The van der Waals surface area contributed by atoms with Crippen LogP contribution < -0.4 is 0 Å². The summed E-state index contributed by atoms with van der Waals surface area (Å²) >= 11 is -0.0336. The van der Waals surface area contributed by atoms with Gasteiger partial charge in [0.1, 0.15) is 5.84 Å². The van der Waals surface area contributed by atoms with Crippen LogP contribution in [0.25, 0.3) is 0 Å². The SMILES string of the molecule is CC1=NC(C)=NI=C1. The standard InChI is InChI=1S/C5H7IN2/c1-4-3-6-8-5(2)7-4/h3H,1-2H3. The van der Waals surface area contributed by atoms with Crippen LogP contribution in [-0.4, -0.2) is 15.6 Å². The molecular weight excluding hydrogens is 215 g/mol. The molecular formula is C5H7IN2. The van der Waals surface area contributed by atoms with Crippen LogP contribution in [0.3, 0.4) is 0 Å². The lowest BCUT2D eigenvalue weighted by Gasteiger charge is -1.94. The fourth-order valence-electron chi connectivity index (χ4n) is 0.464. The van der Waals surface area contributed by atoms with Crippen molar-refractivity contribution in [2.45, 2.75) is 13.8 Å². The van der Waals surface area contributed by atoms with Gasteiger partial charge in [0.05, 0.1) is 0 Å². The molecule has 0 aromatic rings. The molecule has 0 fully saturated rings. The summed E-state index contributed by atoms with van der Waals surface area (Å²) in [6.45, 7) is 3.95. The van der Waals surface area contributed by atoms with Crippen LogP contribution in [-0.2, 0) is 0 Å². The maximum atomic E-state index is 4.16. The molecule has 0 atom stereocenters. The predicted molar refractivity (Wildman–Crippen MR) is 46.3 cm³/mol. The van der Waals surface area contributed by atoms with Gasteiger partial charge in [0, 0.05) is 30.7 Å². The van der Waals surface area contributed by atoms with Gasteiger partial charge < -0.3 is 0 Å². The van der Waals surface area contributed by atoms with E-state index in [0.29, 0.717) is 0 Å². The third-order valence-corrected chi connectivity index (χ3v) is 2.87. The topological polar surface area (TPSA) is 24.7 Å². The van der Waals surface area contributed by atoms with E-state index in [-0.39, 0.29) is 21.0 Å². The first kappa shape index (κ1) is 6.07. The lowest BCUT2D eigenvalue weighted by molar-refractivity contribution is 1.58. The molecule has 0 saturated carbocycles. The summed E-state index contributed by atoms with van der Waals surface area (Å²) in [5.41, 5.74) is 1.13. The molecule has 0 saturated heterocycles. The Morgan fingerprint density at radius 2 is 2.25 bits per heavy atom. The van der Waals surface area contributed by atoms with Crippen LogP contribution in [0.2, 0.25) is 0 Å². The molecule has 0 spiro atoms. The van der Waals surface area contributed by atoms with Crippen molar-refractivity contribution in [3.05, 3.63) is 0 Å². The van der Waals surface area contributed by atoms with Gasteiger partial charge in [-0.2, -0.15) is 0 Å². The zero-order chi connectivity index (χ0) is 5.98. The summed E-state index contributed by atoms with van der Waals surface area (Å²) in [4.78, 5) is 4.12. The minimum Gasteiger partial charge on any atom is -0.238 e. The third-order valence-electron chi connectivity index (χ3n) is 0.716. The summed E-state index contributed by atoms with van der Waals surface area (Å²) in [5, 5.41) is 0. The van der Waals surface area contributed by atoms with Crippen molar-refractivity contribution in [2.24, 2.45) is 8.20 Å². The van der Waals surface area contributed by atoms with Gasteiger partial charge in [-0.1, -0.05) is 0 Å². The zero-order valence-electron chi connectivity index (χ0n) is 4.85. The second-order valence-electron chi connectivity index (χ2n) is 1.59. The van der Waals surface area contributed by atoms with Crippen LogP contribution in [0.1, 0.15) is 13.8 Å². The Balaban J connectivity index is 2.89. The van der Waals surface area contributed by atoms with E-state index in [4.69, 9.17) is 0 Å². The summed E-state index contributed by atoms with van der Waals surface area (Å²) in [7, 11) is 0. The van der Waals surface area contributed by atoms with E-state index in [1.54, 1.807) is 0 Å². The van der Waals surface area contributed by atoms with Crippen LogP contribution in [0.5, 0.6) is 0 Å². The van der Waals surface area contributed by atoms with E-state index in [1.165, 1.54) is 0 Å². The lowest BCUT2D eigenvalue weighted by Crippen LogP contribution is -1.97. The van der Waals surface area contributed by atoms with Gasteiger partial charge in [-0.25, -0.2) is 8.20 Å². The molecule has 0 N–H and O–H groups in total. The fourth-order valence-corrected chi connectivity index (χ4v) is 1.66. The molecule has 0 aromatic heterocycles. The van der Waals surface area contributed by atoms with E-state index in [1.807, 2.05) is 13.8 Å². The number of hydrogen-bond acceptors (Lipinski definition) is 2. The first-order valence-electron chi connectivity index (χ1n) is 2.35. The van der Waals surface area contributed by atoms with Gasteiger partial charge in [-0.3, -0.25) is 0 Å². The highest BCUT2D eigenvalue weighted by molar-refractivity contribution is 14.2. The van der Waals surface area contributed by atoms with Gasteiger partial charge in [-0.05, 0) is 13.8 Å². The van der Waals surface area contributed by atoms with Crippen LogP contribution in [0.15, 0.2) is 8.20 Å². The van der Waals surface area contributed by atoms with E-state index in [0.717, 1.165) is 11.5 Å². The Bertz CT molecular complexity index is 176. The fraction of sp³-hybridized carbons (Fsp3) is 0.400. The summed E-state index contributed by atoms with van der Waals surface area (Å²) < 4.78 is 6.28. The Morgan fingerprint density at radius 1 is 1.50 bits per heavy atom. The quantitative estimate of drug-likeness (QED) is 0.555. The Morgan fingerprint density at radius 3 is 2.62 bits per heavy atom. The molecule has 2 nitrogen and oxygen atoms in total. The molecule has 1 rings (SSSR count). The van der Waals surface area contributed by atoms with Crippen molar-refractivity contribution in [3.8, 4) is 0 Å². The molecule has 1 aliphatic heterocycles. The number of rotatable bonds is 0. The minimum atomic E-state index is -0.0336. The van der Waals surface area contributed by atoms with Crippen molar-refractivity contribution >= 4 is 36.6 Å². The molecule has 3 heteroatoms. The number of halogens is 1. The van der Waals surface area contributed by atoms with E-state index in [9.17, 15) is 0 Å². The minimum absolute atomic E-state index is 0.0336. The van der Waals surface area contributed by atoms with Crippen molar-refractivity contribution < 1.29 is 0 Å². The molecule has 0 aromatic carbocycles. The molecule has 44 valence electrons. The maximum absolute atomic E-state index is 4.16. The number of amidine groups is 1. The van der Waals surface area contributed by atoms with Crippen molar-refractivity contribution in [3.63, 3.8) is 0 Å². The van der Waals surface area contributed by atoms with Gasteiger partial charge >= 0.3 is 0 Å². The molecule has 8 heavy (non-hydrogen) atoms. The lowest BCUT2D eigenvalue weighted by atomic mass is 10.5. The second kappa shape index (κ2) is 2.48. The molecule has 0 bridgehead atoms. The van der Waals surface area contributed by atoms with Crippen molar-refractivity contribution in [1.82, 2.24) is 0 Å². The Labute approximate surface area is 58.8 Å². The molecule has 0 amide bonds. The van der Waals surface area contributed by atoms with Gasteiger partial charge in [0.15, 0.2) is 0 Å². The van der Waals surface area contributed by atoms with E-state index in [2.05, 4.69) is 12.2 Å². The molecule has 0 aliphatic carbocycles. The van der Waals surface area contributed by atoms with Crippen LogP contribution >= 0.6 is 21.0 Å². The first-order valence-corrected chi connectivity index (χ1v) is 4.56. The van der Waals surface area contributed by atoms with Crippen LogP contribution in [0.4, 0.5) is 0 Å². The number of nitrogens with zero attached hydrogens (tertiary/aromatic N) is 2. The highest BCUT2D eigenvalue weighted by atomic mass is 127. The van der Waals surface area contributed by atoms with Gasteiger partial charge in [0.25, 0.3) is 0 Å². The maximum Gasteiger partial charge on any atom is 0.131 e. The predicted octanol–water partition coefficient (Wildman–Crippen LogP) is 1.57. The van der Waals surface area contributed by atoms with Crippen LogP contribution in [0, 0.1) is 0 Å². The Kier molecular flexibility index (Phi) is 1.88. The van der Waals surface area contributed by atoms with E-state index < -0.39 is 0 Å². The molecule has 0 unspecified atom stereocenters. The average Bonchev–Trinajstić information content (AvgIpc) is 1.64. The van der Waals surface area contributed by atoms with Gasteiger partial charge in [0.2, 0.25) is 0 Å². The second-order valence-corrected chi connectivity index (χ2v) is 3.25. The molecule has 1 aliphatic rings. The summed E-state index contributed by atoms with van der Waals surface area (Å²) in [5.74, 6) is 0.942. The van der Waals surface area contributed by atoms with Gasteiger partial charge in [-0.15, -0.1) is 0 Å².